The number of hydrogen-bond donors (Lipinski definition) is 1. The molecule has 2 aromatic heterocycles. The quantitative estimate of drug-likeness (QED) is 0.836. The Morgan fingerprint density at radius 2 is 2.08 bits per heavy atom. The Morgan fingerprint density at radius 1 is 1.35 bits per heavy atom. The molecular weight excluding hydrogens is 352 g/mol. The predicted molar refractivity (Wildman–Crippen MR) is 98.2 cm³/mol. The molecule has 140 valence electrons. The lowest BCUT2D eigenvalue weighted by atomic mass is 10.0. The van der Waals surface area contributed by atoms with Crippen molar-refractivity contribution in [1.29, 1.82) is 0 Å². The molecule has 26 heavy (non-hydrogen) atoms. The van der Waals surface area contributed by atoms with Gasteiger partial charge in [-0.05, 0) is 32.1 Å². The van der Waals surface area contributed by atoms with E-state index in [2.05, 4.69) is 29.1 Å². The van der Waals surface area contributed by atoms with Gasteiger partial charge in [0.25, 0.3) is 11.8 Å². The van der Waals surface area contributed by atoms with Crippen molar-refractivity contribution in [1.82, 2.24) is 20.2 Å². The first kappa shape index (κ1) is 18.6. The highest BCUT2D eigenvalue weighted by atomic mass is 32.1. The van der Waals surface area contributed by atoms with Crippen LogP contribution in [0.4, 0.5) is 0 Å². The van der Waals surface area contributed by atoms with Crippen molar-refractivity contribution in [2.75, 3.05) is 13.1 Å². The number of carbonyl (C=O) groups excluding carboxylic acids is 2. The highest BCUT2D eigenvalue weighted by Crippen LogP contribution is 2.26. The van der Waals surface area contributed by atoms with Gasteiger partial charge in [0.15, 0.2) is 6.39 Å². The Bertz CT molecular complexity index is 777. The van der Waals surface area contributed by atoms with Gasteiger partial charge in [-0.1, -0.05) is 13.8 Å². The monoisotopic (exact) mass is 376 g/mol. The third kappa shape index (κ3) is 4.12. The topological polar surface area (TPSA) is 88.3 Å². The van der Waals surface area contributed by atoms with E-state index in [0.717, 1.165) is 37.4 Å². The first-order chi connectivity index (χ1) is 12.5. The van der Waals surface area contributed by atoms with Gasteiger partial charge >= 0.3 is 0 Å². The molecule has 0 unspecified atom stereocenters. The summed E-state index contributed by atoms with van der Waals surface area (Å²) in [6.07, 6.45) is 4.08. The molecule has 0 saturated carbocycles. The molecule has 7 nitrogen and oxygen atoms in total. The first-order valence-electron chi connectivity index (χ1n) is 8.91. The summed E-state index contributed by atoms with van der Waals surface area (Å²) in [7, 11) is 0. The molecule has 3 heterocycles. The summed E-state index contributed by atoms with van der Waals surface area (Å²) in [6.45, 7) is 7.49. The third-order valence-corrected chi connectivity index (χ3v) is 5.36. The number of aryl methyl sites for hydroxylation is 1. The average Bonchev–Trinajstić information content (AvgIpc) is 3.34. The zero-order chi connectivity index (χ0) is 18.7. The lowest BCUT2D eigenvalue weighted by Crippen LogP contribution is -2.30. The van der Waals surface area contributed by atoms with Crippen LogP contribution in [-0.4, -0.2) is 39.8 Å². The van der Waals surface area contributed by atoms with Gasteiger partial charge in [0, 0.05) is 18.5 Å². The van der Waals surface area contributed by atoms with Crippen molar-refractivity contribution < 1.29 is 14.0 Å². The van der Waals surface area contributed by atoms with Gasteiger partial charge in [-0.25, -0.2) is 9.97 Å². The van der Waals surface area contributed by atoms with Gasteiger partial charge in [0.2, 0.25) is 5.76 Å². The molecule has 0 aliphatic carbocycles. The van der Waals surface area contributed by atoms with Crippen LogP contribution in [0.2, 0.25) is 0 Å². The van der Waals surface area contributed by atoms with E-state index in [4.69, 9.17) is 4.42 Å². The fourth-order valence-electron chi connectivity index (χ4n) is 3.06. The maximum absolute atomic E-state index is 12.5. The van der Waals surface area contributed by atoms with Crippen LogP contribution in [0.15, 0.2) is 16.2 Å². The standard InChI is InChI=1S/C18H24N4O3S/c1-11(2)8-13(20-16(23)15-12(3)19-10-25-15)17-21-14(9-26-17)18(24)22-6-4-5-7-22/h9-11,13H,4-8H2,1-3H3,(H,20,23)/t13-/m0/s1. The number of hydrogen-bond acceptors (Lipinski definition) is 6. The molecule has 0 aromatic carbocycles. The molecule has 1 fully saturated rings. The molecule has 8 heteroatoms. The molecule has 2 amide bonds. The largest absolute Gasteiger partial charge is 0.438 e. The van der Waals surface area contributed by atoms with Crippen LogP contribution in [0.1, 0.15) is 70.9 Å². The third-order valence-electron chi connectivity index (χ3n) is 4.40. The highest BCUT2D eigenvalue weighted by Gasteiger charge is 2.26. The minimum atomic E-state index is -0.312. The molecule has 0 bridgehead atoms. The Morgan fingerprint density at radius 3 is 2.69 bits per heavy atom. The van der Waals surface area contributed by atoms with E-state index in [1.165, 1.54) is 17.7 Å². The molecule has 1 saturated heterocycles. The second-order valence-electron chi connectivity index (χ2n) is 6.99. The van der Waals surface area contributed by atoms with Gasteiger partial charge in [-0.2, -0.15) is 0 Å². The molecule has 3 rings (SSSR count). The summed E-state index contributed by atoms with van der Waals surface area (Å²) in [5.41, 5.74) is 1.01. The number of likely N-dealkylation sites (tertiary alicyclic amines) is 1. The molecule has 1 atom stereocenters. The highest BCUT2D eigenvalue weighted by molar-refractivity contribution is 7.09. The van der Waals surface area contributed by atoms with Crippen molar-refractivity contribution >= 4 is 23.2 Å². The number of amides is 2. The van der Waals surface area contributed by atoms with Crippen LogP contribution < -0.4 is 5.32 Å². The minimum absolute atomic E-state index is 0.0225. The van der Waals surface area contributed by atoms with E-state index in [1.54, 1.807) is 12.3 Å². The number of thiazole rings is 1. The van der Waals surface area contributed by atoms with Crippen LogP contribution in [0, 0.1) is 12.8 Å². The average molecular weight is 376 g/mol. The number of nitrogens with zero attached hydrogens (tertiary/aromatic N) is 3. The molecule has 1 aliphatic heterocycles. The molecule has 0 spiro atoms. The predicted octanol–water partition coefficient (Wildman–Crippen LogP) is 3.19. The van der Waals surface area contributed by atoms with Crippen LogP contribution >= 0.6 is 11.3 Å². The van der Waals surface area contributed by atoms with Crippen molar-refractivity contribution in [3.63, 3.8) is 0 Å². The second kappa shape index (κ2) is 7.99. The molecule has 1 aliphatic rings. The number of nitrogens with one attached hydrogen (secondary N) is 1. The molecule has 2 aromatic rings. The fourth-order valence-corrected chi connectivity index (χ4v) is 3.92. The zero-order valence-corrected chi connectivity index (χ0v) is 16.1. The SMILES string of the molecule is Cc1ncoc1C(=O)N[C@@H](CC(C)C)c1nc(C(=O)N2CCCC2)cs1. The number of oxazole rings is 1. The van der Waals surface area contributed by atoms with E-state index in [9.17, 15) is 9.59 Å². The van der Waals surface area contributed by atoms with Crippen molar-refractivity contribution in [2.24, 2.45) is 5.92 Å². The van der Waals surface area contributed by atoms with Crippen LogP contribution in [-0.2, 0) is 0 Å². The minimum Gasteiger partial charge on any atom is -0.438 e. The van der Waals surface area contributed by atoms with E-state index in [1.807, 2.05) is 4.90 Å². The van der Waals surface area contributed by atoms with Crippen molar-refractivity contribution in [2.45, 2.75) is 46.1 Å². The zero-order valence-electron chi connectivity index (χ0n) is 15.3. The Balaban J connectivity index is 1.76. The summed E-state index contributed by atoms with van der Waals surface area (Å²) in [6, 6.07) is -0.267. The van der Waals surface area contributed by atoms with Crippen molar-refractivity contribution in [3.05, 3.63) is 33.9 Å². The number of carbonyl (C=O) groups is 2. The Labute approximate surface area is 156 Å². The van der Waals surface area contributed by atoms with Gasteiger partial charge in [0.05, 0.1) is 11.7 Å². The Kier molecular flexibility index (Phi) is 5.70. The molecule has 0 radical (unpaired) electrons. The first-order valence-corrected chi connectivity index (χ1v) is 9.79. The normalized spacial score (nSPS) is 15.5. The lowest BCUT2D eigenvalue weighted by molar-refractivity contribution is 0.0787. The van der Waals surface area contributed by atoms with Gasteiger partial charge in [-0.3, -0.25) is 9.59 Å². The maximum atomic E-state index is 12.5. The number of rotatable bonds is 6. The number of aromatic nitrogens is 2. The molecular formula is C18H24N4O3S. The van der Waals surface area contributed by atoms with Gasteiger partial charge < -0.3 is 14.6 Å². The van der Waals surface area contributed by atoms with Crippen LogP contribution in [0.5, 0.6) is 0 Å². The van der Waals surface area contributed by atoms with Gasteiger partial charge in [-0.15, -0.1) is 11.3 Å². The second-order valence-corrected chi connectivity index (χ2v) is 7.88. The van der Waals surface area contributed by atoms with Gasteiger partial charge in [0.1, 0.15) is 10.7 Å². The fraction of sp³-hybridized carbons (Fsp3) is 0.556. The summed E-state index contributed by atoms with van der Waals surface area (Å²) in [4.78, 5) is 35.3. The van der Waals surface area contributed by atoms with Crippen molar-refractivity contribution in [3.8, 4) is 0 Å². The van der Waals surface area contributed by atoms with E-state index >= 15 is 0 Å². The van der Waals surface area contributed by atoms with E-state index in [-0.39, 0.29) is 23.6 Å². The van der Waals surface area contributed by atoms with E-state index in [0.29, 0.717) is 17.3 Å². The lowest BCUT2D eigenvalue weighted by Gasteiger charge is -2.18. The smallest absolute Gasteiger partial charge is 0.289 e. The molecule has 1 N–H and O–H groups in total. The summed E-state index contributed by atoms with van der Waals surface area (Å²) in [5, 5.41) is 5.51. The van der Waals surface area contributed by atoms with Crippen LogP contribution in [0.25, 0.3) is 0 Å². The van der Waals surface area contributed by atoms with Crippen LogP contribution in [0.3, 0.4) is 0 Å². The van der Waals surface area contributed by atoms with E-state index < -0.39 is 0 Å². The maximum Gasteiger partial charge on any atom is 0.289 e. The Hall–Kier alpha value is -2.22. The summed E-state index contributed by atoms with van der Waals surface area (Å²) in [5.74, 6) is 0.236. The summed E-state index contributed by atoms with van der Waals surface area (Å²) >= 11 is 1.41. The summed E-state index contributed by atoms with van der Waals surface area (Å²) < 4.78 is 5.18.